The minimum absolute atomic E-state index is 0.0178. The van der Waals surface area contributed by atoms with Crippen LogP contribution in [0, 0.1) is 17.8 Å². The van der Waals surface area contributed by atoms with Crippen LogP contribution in [0.15, 0.2) is 11.6 Å². The quantitative estimate of drug-likeness (QED) is 0.141. The molecule has 12 atom stereocenters. The van der Waals surface area contributed by atoms with E-state index in [4.69, 9.17) is 32.2 Å². The maximum atomic E-state index is 14.5. The maximum Gasteiger partial charge on any atom is 0.311 e. The number of hydrogen-bond acceptors (Lipinski definition) is 10. The first-order valence-corrected chi connectivity index (χ1v) is 30.3. The third-order valence-electron chi connectivity index (χ3n) is 10.6. The van der Waals surface area contributed by atoms with Crippen LogP contribution in [0.3, 0.4) is 0 Å². The number of hydrogen-bond donors (Lipinski definition) is 0. The van der Waals surface area contributed by atoms with Crippen LogP contribution < -0.4 is 0 Å². The van der Waals surface area contributed by atoms with Gasteiger partial charge in [-0.15, -0.1) is 0 Å². The second kappa shape index (κ2) is 18.7. The van der Waals surface area contributed by atoms with Crippen LogP contribution in [0.5, 0.6) is 0 Å². The number of rotatable bonds is 12. The Morgan fingerprint density at radius 1 is 0.868 bits per heavy atom. The Kier molecular flexibility index (Phi) is 17.1. The third-order valence-corrected chi connectivity index (χ3v) is 13.6. The molecule has 0 radical (unpaired) electrons. The highest BCUT2D eigenvalue weighted by molar-refractivity contribution is 6.70. The lowest BCUT2D eigenvalue weighted by Crippen LogP contribution is -2.62. The minimum Gasteiger partial charge on any atom is -0.459 e. The summed E-state index contributed by atoms with van der Waals surface area (Å²) in [5.41, 5.74) is -1.34. The maximum absolute atomic E-state index is 14.5. The Bertz CT molecular complexity index is 1250. The number of cyclic esters (lactones) is 1. The molecule has 0 amide bonds. The second-order valence-corrected chi connectivity index (χ2v) is 32.8. The molecule has 10 nitrogen and oxygen atoms in total. The van der Waals surface area contributed by atoms with E-state index in [-0.39, 0.29) is 30.0 Å². The zero-order valence-corrected chi connectivity index (χ0v) is 40.3. The number of Topliss-reactive ketones (excluding diaryl/α,β-unsaturated/α-hetero) is 1. The summed E-state index contributed by atoms with van der Waals surface area (Å²) >= 11 is 0. The van der Waals surface area contributed by atoms with Gasteiger partial charge in [-0.05, 0) is 138 Å². The standard InChI is InChI=1S/C40H79NO9Si3/c1-21-30-25-39(7,50-53(18,19)20)32(22-2)46-37(43)29(6)34(48-51(12,13)14)28(5)36(40(8,44-11)24-26(3)33(30)42)47-38-35(49-52(15,16)17)31(41(9)10)23-27(4)45-38/h25-29,31-32,34-36,38H,21-24H2,1-20H3/t26-,27-,28+,29-,31+,32-,34+,35-,36-,38+,39+,40+/m1/s1. The number of allylic oxidation sites excluding steroid dienone is 1. The van der Waals surface area contributed by atoms with Crippen molar-refractivity contribution < 1.29 is 41.8 Å². The van der Waals surface area contributed by atoms with Crippen molar-refractivity contribution in [3.8, 4) is 0 Å². The highest BCUT2D eigenvalue weighted by Crippen LogP contribution is 2.41. The molecule has 2 aliphatic rings. The lowest BCUT2D eigenvalue weighted by atomic mass is 9.76. The SMILES string of the molecule is CCC1=C[C@](C)(O[Si](C)(C)C)[C@@H](CC)OC(=O)[C@H](C)[C@@H](O[Si](C)(C)C)[C@H](C)[C@@H](O[C@@H]2O[C@H](C)C[C@H](N(C)C)[C@H]2O[Si](C)(C)C)[C@@](C)(OC)C[C@@H](C)C1=O. The number of ether oxygens (including phenoxy) is 4. The lowest BCUT2D eigenvalue weighted by Gasteiger charge is -2.50. The molecule has 13 heteroatoms. The monoisotopic (exact) mass is 802 g/mol. The van der Waals surface area contributed by atoms with Crippen LogP contribution in [-0.2, 0) is 41.8 Å². The first-order valence-electron chi connectivity index (χ1n) is 20.1. The first kappa shape index (κ1) is 48.4. The average Bonchev–Trinajstić information content (AvgIpc) is 3.01. The largest absolute Gasteiger partial charge is 0.459 e. The Morgan fingerprint density at radius 2 is 1.42 bits per heavy atom. The van der Waals surface area contributed by atoms with Crippen molar-refractivity contribution in [2.24, 2.45) is 17.8 Å². The Morgan fingerprint density at radius 3 is 1.87 bits per heavy atom. The number of esters is 1. The molecular weight excluding hydrogens is 723 g/mol. The number of likely N-dealkylation sites (N-methyl/N-ethyl adjacent to an activating group) is 1. The van der Waals surface area contributed by atoms with Crippen LogP contribution in [0.2, 0.25) is 58.9 Å². The summed E-state index contributed by atoms with van der Waals surface area (Å²) in [6, 6.07) is 0.0532. The molecule has 0 spiro atoms. The van der Waals surface area contributed by atoms with E-state index >= 15 is 0 Å². The molecule has 0 N–H and O–H groups in total. The van der Waals surface area contributed by atoms with Crippen molar-refractivity contribution >= 4 is 36.7 Å². The fourth-order valence-electron chi connectivity index (χ4n) is 8.25. The number of carbonyl (C=O) groups excluding carboxylic acids is 2. The van der Waals surface area contributed by atoms with Gasteiger partial charge in [0, 0.05) is 25.0 Å². The highest BCUT2D eigenvalue weighted by Gasteiger charge is 2.52. The van der Waals surface area contributed by atoms with Gasteiger partial charge in [0.25, 0.3) is 0 Å². The Labute approximate surface area is 327 Å². The van der Waals surface area contributed by atoms with Gasteiger partial charge in [-0.3, -0.25) is 9.59 Å². The van der Waals surface area contributed by atoms with Crippen LogP contribution in [0.1, 0.15) is 81.1 Å². The van der Waals surface area contributed by atoms with Crippen LogP contribution in [-0.4, -0.2) is 117 Å². The van der Waals surface area contributed by atoms with E-state index in [9.17, 15) is 9.59 Å². The average molecular weight is 802 g/mol. The van der Waals surface area contributed by atoms with Crippen molar-refractivity contribution in [2.45, 2.75) is 194 Å². The minimum atomic E-state index is -2.25. The van der Waals surface area contributed by atoms with Crippen molar-refractivity contribution in [2.75, 3.05) is 21.2 Å². The topological polar surface area (TPSA) is 102 Å². The van der Waals surface area contributed by atoms with E-state index in [1.54, 1.807) is 7.11 Å². The van der Waals surface area contributed by atoms with Crippen LogP contribution in [0.25, 0.3) is 0 Å². The van der Waals surface area contributed by atoms with Crippen molar-refractivity contribution in [1.82, 2.24) is 4.90 Å². The molecular formula is C40H79NO9Si3. The van der Waals surface area contributed by atoms with Gasteiger partial charge in [0.2, 0.25) is 0 Å². The Balaban J connectivity index is 2.93. The molecule has 2 heterocycles. The molecule has 0 aromatic carbocycles. The third kappa shape index (κ3) is 13.4. The highest BCUT2D eigenvalue weighted by atomic mass is 28.4. The predicted molar refractivity (Wildman–Crippen MR) is 222 cm³/mol. The summed E-state index contributed by atoms with van der Waals surface area (Å²) in [6.07, 6.45) is 1.09. The molecule has 1 saturated heterocycles. The predicted octanol–water partition coefficient (Wildman–Crippen LogP) is 8.43. The van der Waals surface area contributed by atoms with Crippen molar-refractivity contribution in [1.29, 1.82) is 0 Å². The Hall–Kier alpha value is -0.749. The molecule has 0 bridgehead atoms. The number of ketones is 1. The summed E-state index contributed by atoms with van der Waals surface area (Å²) < 4.78 is 47.6. The fraction of sp³-hybridized carbons (Fsp3) is 0.900. The van der Waals surface area contributed by atoms with Gasteiger partial charge in [0.1, 0.15) is 17.8 Å². The summed E-state index contributed by atoms with van der Waals surface area (Å²) in [6.45, 7) is 35.3. The van der Waals surface area contributed by atoms with E-state index in [0.29, 0.717) is 24.8 Å². The van der Waals surface area contributed by atoms with E-state index in [0.717, 1.165) is 6.42 Å². The molecule has 0 aromatic rings. The molecule has 0 unspecified atom stereocenters. The van der Waals surface area contributed by atoms with Crippen molar-refractivity contribution in [3.63, 3.8) is 0 Å². The van der Waals surface area contributed by atoms with Gasteiger partial charge in [-0.1, -0.05) is 27.7 Å². The molecule has 2 aliphatic heterocycles. The van der Waals surface area contributed by atoms with Gasteiger partial charge >= 0.3 is 5.97 Å². The van der Waals surface area contributed by atoms with Gasteiger partial charge in [0.05, 0.1) is 29.8 Å². The molecule has 310 valence electrons. The lowest BCUT2D eigenvalue weighted by molar-refractivity contribution is -0.298. The van der Waals surface area contributed by atoms with Crippen LogP contribution in [0.4, 0.5) is 0 Å². The fourth-order valence-corrected chi connectivity index (χ4v) is 12.1. The normalized spacial score (nSPS) is 37.6. The molecule has 53 heavy (non-hydrogen) atoms. The van der Waals surface area contributed by atoms with E-state index in [1.165, 1.54) is 0 Å². The molecule has 0 aromatic heterocycles. The zero-order valence-electron chi connectivity index (χ0n) is 37.3. The van der Waals surface area contributed by atoms with E-state index < -0.39 is 78.5 Å². The first-order chi connectivity index (χ1) is 24.0. The summed E-state index contributed by atoms with van der Waals surface area (Å²) in [5, 5.41) is 0. The number of nitrogens with zero attached hydrogens (tertiary/aromatic N) is 1. The molecule has 1 fully saturated rings. The molecule has 0 saturated carbocycles. The smallest absolute Gasteiger partial charge is 0.311 e. The van der Waals surface area contributed by atoms with Crippen LogP contribution >= 0.6 is 0 Å². The van der Waals surface area contributed by atoms with E-state index in [1.807, 2.05) is 47.6 Å². The summed E-state index contributed by atoms with van der Waals surface area (Å²) in [7, 11) is -0.680. The second-order valence-electron chi connectivity index (χ2n) is 19.4. The van der Waals surface area contributed by atoms with Gasteiger partial charge in [-0.2, -0.15) is 0 Å². The number of carbonyl (C=O) groups is 2. The molecule has 2 rings (SSSR count). The van der Waals surface area contributed by atoms with E-state index in [2.05, 4.69) is 91.8 Å². The van der Waals surface area contributed by atoms with Gasteiger partial charge in [-0.25, -0.2) is 0 Å². The van der Waals surface area contributed by atoms with Crippen molar-refractivity contribution in [3.05, 3.63) is 11.6 Å². The molecule has 0 aliphatic carbocycles. The van der Waals surface area contributed by atoms with Gasteiger partial charge in [0.15, 0.2) is 37.0 Å². The summed E-state index contributed by atoms with van der Waals surface area (Å²) in [5.74, 6) is -1.82. The number of methoxy groups -OCH3 is 1. The zero-order chi connectivity index (χ0) is 41.1. The van der Waals surface area contributed by atoms with Gasteiger partial charge < -0.3 is 37.1 Å². The summed E-state index contributed by atoms with van der Waals surface area (Å²) in [4.78, 5) is 31.2.